The quantitative estimate of drug-likeness (QED) is 0.837. The molecule has 2 aliphatic carbocycles. The molecule has 22 heavy (non-hydrogen) atoms. The summed E-state index contributed by atoms with van der Waals surface area (Å²) in [5.74, 6) is 0.667. The van der Waals surface area contributed by atoms with Crippen LogP contribution in [0.15, 0.2) is 36.0 Å². The van der Waals surface area contributed by atoms with Gasteiger partial charge in [0.2, 0.25) is 0 Å². The van der Waals surface area contributed by atoms with Crippen LogP contribution < -0.4 is 4.74 Å². The van der Waals surface area contributed by atoms with Gasteiger partial charge in [-0.2, -0.15) is 5.26 Å². The molecule has 0 bridgehead atoms. The van der Waals surface area contributed by atoms with Gasteiger partial charge >= 0.3 is 0 Å². The number of carbonyl (C=O) groups excluding carboxylic acids is 1. The van der Waals surface area contributed by atoms with Crippen LogP contribution in [-0.4, -0.2) is 23.5 Å². The third kappa shape index (κ3) is 3.48. The van der Waals surface area contributed by atoms with E-state index in [1.807, 2.05) is 4.90 Å². The molecule has 0 aliphatic heterocycles. The van der Waals surface area contributed by atoms with Crippen LogP contribution in [0.1, 0.15) is 44.1 Å². The maximum Gasteiger partial charge on any atom is 0.264 e. The van der Waals surface area contributed by atoms with Gasteiger partial charge in [-0.3, -0.25) is 4.79 Å². The van der Waals surface area contributed by atoms with E-state index in [4.69, 9.17) is 10.00 Å². The third-order valence-electron chi connectivity index (χ3n) is 4.10. The number of nitrogens with zero attached hydrogens (tertiary/aromatic N) is 2. The molecule has 0 unspecified atom stereocenters. The molecule has 1 saturated carbocycles. The molecule has 3 rings (SSSR count). The molecule has 1 amide bonds. The Morgan fingerprint density at radius 2 is 2.05 bits per heavy atom. The van der Waals surface area contributed by atoms with Crippen LogP contribution >= 0.6 is 0 Å². The van der Waals surface area contributed by atoms with Gasteiger partial charge in [-0.05, 0) is 62.8 Å². The Morgan fingerprint density at radius 3 is 2.64 bits per heavy atom. The van der Waals surface area contributed by atoms with Gasteiger partial charge in [-0.1, -0.05) is 6.08 Å². The highest BCUT2D eigenvalue weighted by atomic mass is 16.5. The summed E-state index contributed by atoms with van der Waals surface area (Å²) in [6, 6.07) is 9.29. The molecule has 1 aromatic carbocycles. The second-order valence-electron chi connectivity index (χ2n) is 5.86. The van der Waals surface area contributed by atoms with Crippen LogP contribution in [0.3, 0.4) is 0 Å². The van der Waals surface area contributed by atoms with Crippen LogP contribution in [0, 0.1) is 11.3 Å². The van der Waals surface area contributed by atoms with Gasteiger partial charge in [0.25, 0.3) is 5.91 Å². The van der Waals surface area contributed by atoms with E-state index in [2.05, 4.69) is 12.1 Å². The average Bonchev–Trinajstić information content (AvgIpc) is 3.39. The lowest BCUT2D eigenvalue weighted by atomic mass is 10.0. The molecule has 0 radical (unpaired) electrons. The number of ether oxygens (including phenoxy) is 1. The Kier molecular flexibility index (Phi) is 4.43. The van der Waals surface area contributed by atoms with Gasteiger partial charge in [-0.25, -0.2) is 0 Å². The minimum atomic E-state index is 0.0417. The number of hydrogen-bond donors (Lipinski definition) is 0. The summed E-state index contributed by atoms with van der Waals surface area (Å²) in [6.07, 6.45) is 8.86. The molecule has 4 heteroatoms. The summed E-state index contributed by atoms with van der Waals surface area (Å²) in [5.41, 5.74) is 1.77. The SMILES string of the molecule is N#Cc1ccc(OCC(=O)N(C2=CCCCC2)C2CC2)cc1. The van der Waals surface area contributed by atoms with E-state index >= 15 is 0 Å². The number of allylic oxidation sites excluding steroid dienone is 2. The molecular weight excluding hydrogens is 276 g/mol. The van der Waals surface area contributed by atoms with E-state index in [-0.39, 0.29) is 12.5 Å². The average molecular weight is 296 g/mol. The summed E-state index contributed by atoms with van der Waals surface area (Å²) < 4.78 is 5.59. The van der Waals surface area contributed by atoms with E-state index in [0.29, 0.717) is 17.4 Å². The first-order valence-electron chi connectivity index (χ1n) is 7.92. The predicted molar refractivity (Wildman–Crippen MR) is 83.1 cm³/mol. The fraction of sp³-hybridized carbons (Fsp3) is 0.444. The summed E-state index contributed by atoms with van der Waals surface area (Å²) in [6.45, 7) is 0.0553. The van der Waals surface area contributed by atoms with Crippen molar-refractivity contribution in [3.8, 4) is 11.8 Å². The minimum Gasteiger partial charge on any atom is -0.484 e. The van der Waals surface area contributed by atoms with Crippen molar-refractivity contribution < 1.29 is 9.53 Å². The largest absolute Gasteiger partial charge is 0.484 e. The zero-order chi connectivity index (χ0) is 15.4. The molecular formula is C18H20N2O2. The summed E-state index contributed by atoms with van der Waals surface area (Å²) in [7, 11) is 0. The molecule has 2 aliphatic rings. The topological polar surface area (TPSA) is 53.3 Å². The Balaban J connectivity index is 1.61. The first-order chi connectivity index (χ1) is 10.8. The summed E-state index contributed by atoms with van der Waals surface area (Å²) in [4.78, 5) is 14.5. The van der Waals surface area contributed by atoms with E-state index in [9.17, 15) is 4.79 Å². The molecule has 114 valence electrons. The molecule has 0 aromatic heterocycles. The van der Waals surface area contributed by atoms with Crippen LogP contribution in [0.2, 0.25) is 0 Å². The summed E-state index contributed by atoms with van der Waals surface area (Å²) >= 11 is 0. The number of carbonyl (C=O) groups is 1. The Morgan fingerprint density at radius 1 is 1.27 bits per heavy atom. The molecule has 0 saturated heterocycles. The maximum absolute atomic E-state index is 12.5. The van der Waals surface area contributed by atoms with Gasteiger partial charge in [0.05, 0.1) is 11.6 Å². The molecule has 0 heterocycles. The first-order valence-corrected chi connectivity index (χ1v) is 7.92. The highest BCUT2D eigenvalue weighted by Crippen LogP contribution is 2.33. The highest BCUT2D eigenvalue weighted by molar-refractivity contribution is 5.80. The van der Waals surface area contributed by atoms with E-state index in [1.54, 1.807) is 24.3 Å². The smallest absolute Gasteiger partial charge is 0.264 e. The number of benzene rings is 1. The molecule has 1 fully saturated rings. The first kappa shape index (κ1) is 14.6. The normalized spacial score (nSPS) is 17.3. The van der Waals surface area contributed by atoms with Gasteiger partial charge in [-0.15, -0.1) is 0 Å². The lowest BCUT2D eigenvalue weighted by Crippen LogP contribution is -2.36. The third-order valence-corrected chi connectivity index (χ3v) is 4.10. The standard InChI is InChI=1S/C18H20N2O2/c19-12-14-6-10-17(11-7-14)22-13-18(21)20(16-8-9-16)15-4-2-1-3-5-15/h4,6-7,10-11,16H,1-3,5,8-9,13H2. The monoisotopic (exact) mass is 296 g/mol. The van der Waals surface area contributed by atoms with Crippen LogP contribution in [-0.2, 0) is 4.79 Å². The highest BCUT2D eigenvalue weighted by Gasteiger charge is 2.35. The molecule has 0 atom stereocenters. The Labute approximate surface area is 131 Å². The van der Waals surface area contributed by atoms with Crippen molar-refractivity contribution in [3.63, 3.8) is 0 Å². The zero-order valence-electron chi connectivity index (χ0n) is 12.6. The van der Waals surface area contributed by atoms with E-state index in [0.717, 1.165) is 25.7 Å². The lowest BCUT2D eigenvalue weighted by Gasteiger charge is -2.27. The molecule has 1 aromatic rings. The van der Waals surface area contributed by atoms with Crippen molar-refractivity contribution in [1.82, 2.24) is 4.90 Å². The van der Waals surface area contributed by atoms with Crippen LogP contribution in [0.25, 0.3) is 0 Å². The van der Waals surface area contributed by atoms with Crippen LogP contribution in [0.5, 0.6) is 5.75 Å². The number of nitriles is 1. The van der Waals surface area contributed by atoms with Gasteiger partial charge in [0, 0.05) is 11.7 Å². The number of rotatable bonds is 5. The van der Waals surface area contributed by atoms with Crippen molar-refractivity contribution in [1.29, 1.82) is 5.26 Å². The Bertz CT molecular complexity index is 609. The fourth-order valence-corrected chi connectivity index (χ4v) is 2.81. The van der Waals surface area contributed by atoms with Crippen molar-refractivity contribution in [2.45, 2.75) is 44.6 Å². The number of amides is 1. The van der Waals surface area contributed by atoms with Gasteiger partial charge in [0.15, 0.2) is 6.61 Å². The lowest BCUT2D eigenvalue weighted by molar-refractivity contribution is -0.132. The van der Waals surface area contributed by atoms with Crippen molar-refractivity contribution >= 4 is 5.91 Å². The second-order valence-corrected chi connectivity index (χ2v) is 5.86. The predicted octanol–water partition coefficient (Wildman–Crippen LogP) is 3.39. The van der Waals surface area contributed by atoms with Crippen molar-refractivity contribution in [2.24, 2.45) is 0 Å². The number of hydrogen-bond acceptors (Lipinski definition) is 3. The molecule has 4 nitrogen and oxygen atoms in total. The second kappa shape index (κ2) is 6.65. The minimum absolute atomic E-state index is 0.0417. The van der Waals surface area contributed by atoms with Gasteiger partial charge < -0.3 is 9.64 Å². The van der Waals surface area contributed by atoms with Crippen molar-refractivity contribution in [2.75, 3.05) is 6.61 Å². The van der Waals surface area contributed by atoms with E-state index < -0.39 is 0 Å². The zero-order valence-corrected chi connectivity index (χ0v) is 12.6. The summed E-state index contributed by atoms with van der Waals surface area (Å²) in [5, 5.41) is 8.77. The fourth-order valence-electron chi connectivity index (χ4n) is 2.81. The van der Waals surface area contributed by atoms with E-state index in [1.165, 1.54) is 18.5 Å². The molecule has 0 spiro atoms. The van der Waals surface area contributed by atoms with Crippen molar-refractivity contribution in [3.05, 3.63) is 41.6 Å². The molecule has 0 N–H and O–H groups in total. The van der Waals surface area contributed by atoms with Gasteiger partial charge in [0.1, 0.15) is 5.75 Å². The maximum atomic E-state index is 12.5. The Hall–Kier alpha value is -2.28. The van der Waals surface area contributed by atoms with Crippen LogP contribution in [0.4, 0.5) is 0 Å².